The van der Waals surface area contributed by atoms with Crippen LogP contribution in [-0.2, 0) is 6.54 Å². The Bertz CT molecular complexity index is 882. The van der Waals surface area contributed by atoms with Crippen molar-refractivity contribution < 1.29 is 4.79 Å². The molecule has 0 atom stereocenters. The second-order valence-electron chi connectivity index (χ2n) is 5.02. The van der Waals surface area contributed by atoms with Crippen LogP contribution in [0, 0.1) is 4.77 Å². The molecule has 3 rings (SSSR count). The zero-order valence-electron chi connectivity index (χ0n) is 12.3. The smallest absolute Gasteiger partial charge is 0.272 e. The number of halogens is 1. The van der Waals surface area contributed by atoms with E-state index in [0.29, 0.717) is 17.0 Å². The van der Waals surface area contributed by atoms with Gasteiger partial charge in [0.05, 0.1) is 10.3 Å². The lowest BCUT2D eigenvalue weighted by Crippen LogP contribution is -2.27. The van der Waals surface area contributed by atoms with Crippen molar-refractivity contribution in [2.45, 2.75) is 6.54 Å². The first-order valence-electron chi connectivity index (χ1n) is 6.92. The van der Waals surface area contributed by atoms with Gasteiger partial charge in [0.2, 0.25) is 0 Å². The van der Waals surface area contributed by atoms with Crippen LogP contribution in [0.5, 0.6) is 0 Å². The van der Waals surface area contributed by atoms with Gasteiger partial charge in [-0.05, 0) is 52.4 Å². The van der Waals surface area contributed by atoms with E-state index in [1.807, 2.05) is 42.5 Å². The number of hydrogen-bond donors (Lipinski definition) is 1. The van der Waals surface area contributed by atoms with Crippen molar-refractivity contribution in [3.05, 3.63) is 67.8 Å². The standard InChI is InChI=1S/C16H14BrN3OS2/c1-19(10-12-7-8-14(17)23-12)15(21)13-9-18-16(22)20(13)11-5-3-2-4-6-11/h2-9H,10H2,1H3,(H,18,22). The van der Waals surface area contributed by atoms with Crippen LogP contribution in [0.3, 0.4) is 0 Å². The van der Waals surface area contributed by atoms with Crippen molar-refractivity contribution in [1.82, 2.24) is 14.5 Å². The fourth-order valence-electron chi connectivity index (χ4n) is 2.30. The molecule has 0 bridgehead atoms. The van der Waals surface area contributed by atoms with Crippen LogP contribution in [0.2, 0.25) is 0 Å². The molecule has 3 aromatic rings. The van der Waals surface area contributed by atoms with Gasteiger partial charge in [-0.1, -0.05) is 18.2 Å². The van der Waals surface area contributed by atoms with Gasteiger partial charge in [0.15, 0.2) is 4.77 Å². The Morgan fingerprint density at radius 3 is 2.70 bits per heavy atom. The Kier molecular flexibility index (Phi) is 4.79. The molecule has 0 unspecified atom stereocenters. The second-order valence-corrected chi connectivity index (χ2v) is 7.95. The zero-order chi connectivity index (χ0) is 16.4. The third-order valence-corrected chi connectivity index (χ3v) is 5.29. The normalized spacial score (nSPS) is 10.7. The van der Waals surface area contributed by atoms with E-state index in [1.54, 1.807) is 34.0 Å². The zero-order valence-corrected chi connectivity index (χ0v) is 15.5. The Balaban J connectivity index is 1.90. The minimum atomic E-state index is -0.0780. The molecule has 1 aromatic carbocycles. The molecule has 0 fully saturated rings. The third kappa shape index (κ3) is 3.46. The van der Waals surface area contributed by atoms with Gasteiger partial charge in [-0.25, -0.2) is 0 Å². The Morgan fingerprint density at radius 1 is 1.30 bits per heavy atom. The first-order chi connectivity index (χ1) is 11.1. The van der Waals surface area contributed by atoms with E-state index in [-0.39, 0.29) is 5.91 Å². The van der Waals surface area contributed by atoms with E-state index in [2.05, 4.69) is 20.9 Å². The van der Waals surface area contributed by atoms with Gasteiger partial charge in [0, 0.05) is 23.8 Å². The van der Waals surface area contributed by atoms with Crippen LogP contribution >= 0.6 is 39.5 Å². The molecular weight excluding hydrogens is 394 g/mol. The van der Waals surface area contributed by atoms with Crippen LogP contribution in [0.4, 0.5) is 0 Å². The summed E-state index contributed by atoms with van der Waals surface area (Å²) in [6.45, 7) is 0.557. The molecule has 23 heavy (non-hydrogen) atoms. The lowest BCUT2D eigenvalue weighted by molar-refractivity contribution is 0.0778. The van der Waals surface area contributed by atoms with Crippen molar-refractivity contribution in [1.29, 1.82) is 0 Å². The summed E-state index contributed by atoms with van der Waals surface area (Å²) < 4.78 is 3.33. The van der Waals surface area contributed by atoms with Gasteiger partial charge in [0.25, 0.3) is 5.91 Å². The average Bonchev–Trinajstić information content (AvgIpc) is 3.13. The maximum atomic E-state index is 12.8. The van der Waals surface area contributed by atoms with E-state index in [1.165, 1.54) is 0 Å². The molecule has 0 saturated carbocycles. The van der Waals surface area contributed by atoms with E-state index in [9.17, 15) is 4.79 Å². The molecule has 7 heteroatoms. The highest BCUT2D eigenvalue weighted by Crippen LogP contribution is 2.23. The predicted molar refractivity (Wildman–Crippen MR) is 98.8 cm³/mol. The molecule has 0 saturated heterocycles. The number of thiophene rings is 1. The van der Waals surface area contributed by atoms with Crippen molar-refractivity contribution in [3.8, 4) is 5.69 Å². The molecular formula is C16H14BrN3OS2. The molecule has 0 aliphatic heterocycles. The summed E-state index contributed by atoms with van der Waals surface area (Å²) in [5, 5.41) is 0. The molecule has 0 aliphatic rings. The van der Waals surface area contributed by atoms with E-state index >= 15 is 0 Å². The number of aromatic amines is 1. The predicted octanol–water partition coefficient (Wildman–Crippen LogP) is 4.63. The number of nitrogens with one attached hydrogen (secondary N) is 1. The fourth-order valence-corrected chi connectivity index (χ4v) is 4.10. The van der Waals surface area contributed by atoms with Crippen molar-refractivity contribution in [3.63, 3.8) is 0 Å². The average molecular weight is 408 g/mol. The van der Waals surface area contributed by atoms with E-state index in [0.717, 1.165) is 14.4 Å². The van der Waals surface area contributed by atoms with Crippen LogP contribution in [0.15, 0.2) is 52.4 Å². The van der Waals surface area contributed by atoms with Crippen molar-refractivity contribution >= 4 is 45.4 Å². The maximum Gasteiger partial charge on any atom is 0.272 e. The largest absolute Gasteiger partial charge is 0.336 e. The molecule has 1 N–H and O–H groups in total. The number of benzene rings is 1. The van der Waals surface area contributed by atoms with Gasteiger partial charge in [-0.2, -0.15) is 0 Å². The summed E-state index contributed by atoms with van der Waals surface area (Å²) in [5.74, 6) is -0.0780. The third-order valence-electron chi connectivity index (χ3n) is 3.38. The van der Waals surface area contributed by atoms with Gasteiger partial charge >= 0.3 is 0 Å². The van der Waals surface area contributed by atoms with E-state index < -0.39 is 0 Å². The molecule has 4 nitrogen and oxygen atoms in total. The van der Waals surface area contributed by atoms with Crippen LogP contribution < -0.4 is 0 Å². The highest BCUT2D eigenvalue weighted by Gasteiger charge is 2.18. The molecule has 1 amide bonds. The van der Waals surface area contributed by atoms with Crippen molar-refractivity contribution in [2.75, 3.05) is 7.05 Å². The SMILES string of the molecule is CN(Cc1ccc(Br)s1)C(=O)c1c[nH]c(=S)n1-c1ccccc1. The number of para-hydroxylation sites is 1. The van der Waals surface area contributed by atoms with Crippen LogP contribution in [-0.4, -0.2) is 27.4 Å². The highest BCUT2D eigenvalue weighted by atomic mass is 79.9. The maximum absolute atomic E-state index is 12.8. The van der Waals surface area contributed by atoms with Gasteiger partial charge in [0.1, 0.15) is 5.69 Å². The first kappa shape index (κ1) is 16.2. The number of carbonyl (C=O) groups excluding carboxylic acids is 1. The second kappa shape index (κ2) is 6.82. The number of carbonyl (C=O) groups is 1. The first-order valence-corrected chi connectivity index (χ1v) is 8.93. The molecule has 0 radical (unpaired) electrons. The summed E-state index contributed by atoms with van der Waals surface area (Å²) in [7, 11) is 1.79. The monoisotopic (exact) mass is 407 g/mol. The number of aromatic nitrogens is 2. The number of amides is 1. The highest BCUT2D eigenvalue weighted by molar-refractivity contribution is 9.11. The van der Waals surface area contributed by atoms with Crippen LogP contribution in [0.25, 0.3) is 5.69 Å². The van der Waals surface area contributed by atoms with E-state index in [4.69, 9.17) is 12.2 Å². The number of nitrogens with zero attached hydrogens (tertiary/aromatic N) is 2. The molecule has 118 valence electrons. The summed E-state index contributed by atoms with van der Waals surface area (Å²) in [5.41, 5.74) is 1.40. The summed E-state index contributed by atoms with van der Waals surface area (Å²) in [4.78, 5) is 18.6. The van der Waals surface area contributed by atoms with Gasteiger partial charge in [-0.3, -0.25) is 9.36 Å². The topological polar surface area (TPSA) is 41.0 Å². The Labute approximate surface area is 151 Å². The quantitative estimate of drug-likeness (QED) is 0.640. The Hall–Kier alpha value is -1.70. The minimum Gasteiger partial charge on any atom is -0.336 e. The lowest BCUT2D eigenvalue weighted by Gasteiger charge is -2.17. The van der Waals surface area contributed by atoms with Gasteiger partial charge < -0.3 is 9.88 Å². The minimum absolute atomic E-state index is 0.0780. The summed E-state index contributed by atoms with van der Waals surface area (Å²) in [6.07, 6.45) is 1.67. The molecule has 2 aromatic heterocycles. The Morgan fingerprint density at radius 2 is 2.04 bits per heavy atom. The molecule has 0 spiro atoms. The van der Waals surface area contributed by atoms with Crippen molar-refractivity contribution in [2.24, 2.45) is 0 Å². The molecule has 0 aliphatic carbocycles. The number of H-pyrrole nitrogens is 1. The molecule has 2 heterocycles. The summed E-state index contributed by atoms with van der Waals surface area (Å²) >= 11 is 10.4. The fraction of sp³-hybridized carbons (Fsp3) is 0.125. The van der Waals surface area contributed by atoms with Gasteiger partial charge in [-0.15, -0.1) is 11.3 Å². The number of imidazole rings is 1. The lowest BCUT2D eigenvalue weighted by atomic mass is 10.3. The van der Waals surface area contributed by atoms with Crippen LogP contribution in [0.1, 0.15) is 15.4 Å². The number of hydrogen-bond acceptors (Lipinski definition) is 3. The number of rotatable bonds is 4. The summed E-state index contributed by atoms with van der Waals surface area (Å²) in [6, 6.07) is 13.6.